The van der Waals surface area contributed by atoms with E-state index in [0.29, 0.717) is 0 Å². The normalized spacial score (nSPS) is 13.1. The maximum absolute atomic E-state index is 8.23. The first-order valence-electron chi connectivity index (χ1n) is 2.57. The predicted octanol–water partition coefficient (Wildman–Crippen LogP) is 0.973. The van der Waals surface area contributed by atoms with Gasteiger partial charge in [0.05, 0.1) is 6.61 Å². The number of nitrogens with zero attached hydrogens (tertiary/aromatic N) is 1. The third kappa shape index (κ3) is 3.56. The fourth-order valence-electron chi connectivity index (χ4n) is 0.259. The van der Waals surface area contributed by atoms with E-state index in [1.165, 1.54) is 6.21 Å². The Morgan fingerprint density at radius 2 is 2.38 bits per heavy atom. The second-order valence-electron chi connectivity index (χ2n) is 1.42. The molecule has 2 nitrogen and oxygen atoms in total. The molecule has 46 valence electrons. The van der Waals surface area contributed by atoms with Gasteiger partial charge in [-0.15, -0.1) is 0 Å². The molecular formula is C6H11NO. The first-order chi connectivity index (χ1) is 3.81. The van der Waals surface area contributed by atoms with Crippen molar-refractivity contribution in [2.24, 2.45) is 4.99 Å². The van der Waals surface area contributed by atoms with Crippen molar-refractivity contribution in [2.45, 2.75) is 13.8 Å². The SMILES string of the molecule is C/C=C(/C)N=CCO. The molecule has 0 unspecified atom stereocenters. The quantitative estimate of drug-likeness (QED) is 0.532. The van der Waals surface area contributed by atoms with Crippen LogP contribution in [0.1, 0.15) is 13.8 Å². The Labute approximate surface area is 49.6 Å². The Hall–Kier alpha value is -0.630. The zero-order valence-corrected chi connectivity index (χ0v) is 5.26. The van der Waals surface area contributed by atoms with Crippen molar-refractivity contribution in [3.05, 3.63) is 11.8 Å². The Morgan fingerprint density at radius 1 is 1.75 bits per heavy atom. The maximum Gasteiger partial charge on any atom is 0.0783 e. The van der Waals surface area contributed by atoms with Crippen LogP contribution in [0.5, 0.6) is 0 Å². The molecule has 0 aromatic heterocycles. The van der Waals surface area contributed by atoms with Gasteiger partial charge in [-0.1, -0.05) is 6.08 Å². The van der Waals surface area contributed by atoms with Crippen molar-refractivity contribution in [1.29, 1.82) is 0 Å². The first-order valence-corrected chi connectivity index (χ1v) is 2.57. The molecule has 0 fully saturated rings. The number of allylic oxidation sites excluding steroid dienone is 2. The highest BCUT2D eigenvalue weighted by molar-refractivity contribution is 5.59. The van der Waals surface area contributed by atoms with E-state index in [2.05, 4.69) is 4.99 Å². The molecule has 0 aliphatic carbocycles. The highest BCUT2D eigenvalue weighted by Crippen LogP contribution is 1.89. The van der Waals surface area contributed by atoms with Gasteiger partial charge < -0.3 is 5.11 Å². The van der Waals surface area contributed by atoms with Crippen molar-refractivity contribution in [3.8, 4) is 0 Å². The number of aliphatic imine (C=N–C) groups is 1. The number of rotatable bonds is 2. The van der Waals surface area contributed by atoms with Crippen LogP contribution in [0.4, 0.5) is 0 Å². The molecule has 2 heteroatoms. The number of hydrogen-bond acceptors (Lipinski definition) is 2. The van der Waals surface area contributed by atoms with Crippen LogP contribution < -0.4 is 0 Å². The van der Waals surface area contributed by atoms with E-state index >= 15 is 0 Å². The molecule has 0 aromatic carbocycles. The van der Waals surface area contributed by atoms with Crippen LogP contribution in [0.15, 0.2) is 16.8 Å². The lowest BCUT2D eigenvalue weighted by molar-refractivity contribution is 0.361. The molecule has 0 aliphatic rings. The van der Waals surface area contributed by atoms with Crippen LogP contribution in [-0.4, -0.2) is 17.9 Å². The molecule has 0 aromatic rings. The van der Waals surface area contributed by atoms with Gasteiger partial charge in [0.15, 0.2) is 0 Å². The van der Waals surface area contributed by atoms with Crippen LogP contribution in [0.25, 0.3) is 0 Å². The molecule has 0 aliphatic heterocycles. The fraction of sp³-hybridized carbons (Fsp3) is 0.500. The minimum absolute atomic E-state index is 0.0190. The minimum atomic E-state index is 0.0190. The van der Waals surface area contributed by atoms with Crippen LogP contribution in [-0.2, 0) is 0 Å². The molecule has 0 spiro atoms. The monoisotopic (exact) mass is 113 g/mol. The van der Waals surface area contributed by atoms with Crippen molar-refractivity contribution in [2.75, 3.05) is 6.61 Å². The molecule has 0 rings (SSSR count). The molecule has 0 bridgehead atoms. The molecular weight excluding hydrogens is 102 g/mol. The zero-order chi connectivity index (χ0) is 6.41. The number of aliphatic hydroxyl groups is 1. The van der Waals surface area contributed by atoms with Crippen molar-refractivity contribution < 1.29 is 5.11 Å². The minimum Gasteiger partial charge on any atom is -0.391 e. The first kappa shape index (κ1) is 7.37. The molecule has 0 saturated carbocycles. The van der Waals surface area contributed by atoms with E-state index in [1.54, 1.807) is 0 Å². The number of hydrogen-bond donors (Lipinski definition) is 1. The third-order valence-electron chi connectivity index (χ3n) is 0.794. The summed E-state index contributed by atoms with van der Waals surface area (Å²) in [6.45, 7) is 3.81. The van der Waals surface area contributed by atoms with Gasteiger partial charge in [0, 0.05) is 11.9 Å². The third-order valence-corrected chi connectivity index (χ3v) is 0.794. The lowest BCUT2D eigenvalue weighted by Crippen LogP contribution is -1.80. The Kier molecular flexibility index (Phi) is 4.17. The summed E-state index contributed by atoms with van der Waals surface area (Å²) in [5.74, 6) is 0. The van der Waals surface area contributed by atoms with E-state index in [-0.39, 0.29) is 6.61 Å². The van der Waals surface area contributed by atoms with Gasteiger partial charge in [0.25, 0.3) is 0 Å². The maximum atomic E-state index is 8.23. The summed E-state index contributed by atoms with van der Waals surface area (Å²) in [6.07, 6.45) is 3.35. The lowest BCUT2D eigenvalue weighted by Gasteiger charge is -1.84. The van der Waals surface area contributed by atoms with Gasteiger partial charge in [-0.25, -0.2) is 0 Å². The summed E-state index contributed by atoms with van der Waals surface area (Å²) in [4.78, 5) is 3.85. The number of aliphatic hydroxyl groups excluding tert-OH is 1. The van der Waals surface area contributed by atoms with Gasteiger partial charge in [0.1, 0.15) is 0 Å². The smallest absolute Gasteiger partial charge is 0.0783 e. The van der Waals surface area contributed by atoms with Gasteiger partial charge in [0.2, 0.25) is 0 Å². The topological polar surface area (TPSA) is 32.6 Å². The van der Waals surface area contributed by atoms with E-state index in [1.807, 2.05) is 19.9 Å². The second kappa shape index (κ2) is 4.53. The van der Waals surface area contributed by atoms with Crippen LogP contribution in [0, 0.1) is 0 Å². The molecule has 1 N–H and O–H groups in total. The average molecular weight is 113 g/mol. The van der Waals surface area contributed by atoms with Gasteiger partial charge in [-0.2, -0.15) is 0 Å². The molecule has 8 heavy (non-hydrogen) atoms. The predicted molar refractivity (Wildman–Crippen MR) is 35.0 cm³/mol. The highest BCUT2D eigenvalue weighted by Gasteiger charge is 1.73. The largest absolute Gasteiger partial charge is 0.391 e. The summed E-state index contributed by atoms with van der Waals surface area (Å²) in [6, 6.07) is 0. The summed E-state index contributed by atoms with van der Waals surface area (Å²) < 4.78 is 0. The zero-order valence-electron chi connectivity index (χ0n) is 5.26. The lowest BCUT2D eigenvalue weighted by atomic mass is 10.5. The molecule has 0 amide bonds. The van der Waals surface area contributed by atoms with E-state index in [9.17, 15) is 0 Å². The van der Waals surface area contributed by atoms with Crippen LogP contribution in [0.2, 0.25) is 0 Å². The molecule has 0 radical (unpaired) electrons. The standard InChI is InChI=1S/C6H11NO/c1-3-6(2)7-4-5-8/h3-4,8H,5H2,1-2H3/b6-3-,7-4?. The van der Waals surface area contributed by atoms with Crippen molar-refractivity contribution in [3.63, 3.8) is 0 Å². The highest BCUT2D eigenvalue weighted by atomic mass is 16.2. The van der Waals surface area contributed by atoms with Gasteiger partial charge >= 0.3 is 0 Å². The Morgan fingerprint density at radius 3 is 2.75 bits per heavy atom. The van der Waals surface area contributed by atoms with Crippen LogP contribution in [0.3, 0.4) is 0 Å². The Bertz CT molecular complexity index is 105. The second-order valence-corrected chi connectivity index (χ2v) is 1.42. The summed E-state index contributed by atoms with van der Waals surface area (Å²) in [7, 11) is 0. The van der Waals surface area contributed by atoms with Crippen LogP contribution >= 0.6 is 0 Å². The van der Waals surface area contributed by atoms with Crippen molar-refractivity contribution in [1.82, 2.24) is 0 Å². The van der Waals surface area contributed by atoms with E-state index < -0.39 is 0 Å². The van der Waals surface area contributed by atoms with Gasteiger partial charge in [-0.3, -0.25) is 4.99 Å². The van der Waals surface area contributed by atoms with E-state index in [4.69, 9.17) is 5.11 Å². The summed E-state index contributed by atoms with van der Waals surface area (Å²) in [5.41, 5.74) is 0.930. The molecule has 0 heterocycles. The summed E-state index contributed by atoms with van der Waals surface area (Å²) >= 11 is 0. The van der Waals surface area contributed by atoms with E-state index in [0.717, 1.165) is 5.70 Å². The average Bonchev–Trinajstić information content (AvgIpc) is 1.83. The fourth-order valence-corrected chi connectivity index (χ4v) is 0.259. The van der Waals surface area contributed by atoms with Crippen molar-refractivity contribution >= 4 is 6.21 Å². The summed E-state index contributed by atoms with van der Waals surface area (Å²) in [5, 5.41) is 8.23. The Balaban J connectivity index is 3.53. The molecule has 0 atom stereocenters. The van der Waals surface area contributed by atoms with Gasteiger partial charge in [-0.05, 0) is 13.8 Å². The molecule has 0 saturated heterocycles.